The number of aliphatic hydroxyl groups is 1. The maximum atomic E-state index is 13.1. The Morgan fingerprint density at radius 1 is 0.795 bits per heavy atom. The van der Waals surface area contributed by atoms with Crippen LogP contribution in [0.5, 0.6) is 11.5 Å². The van der Waals surface area contributed by atoms with Crippen molar-refractivity contribution in [3.63, 3.8) is 0 Å². The number of hydrogen-bond donors (Lipinski definition) is 1. The van der Waals surface area contributed by atoms with Crippen molar-refractivity contribution < 1.29 is 33.6 Å². The highest BCUT2D eigenvalue weighted by Crippen LogP contribution is 2.36. The SMILES string of the molecule is COc1ccc(CO[C@@H]2[C@H]3OC(=O)N(Cc4ccccc4)[C@H]3C=C(CO)[C@H]2OCc2ccc(OC)cc2)cc1. The number of benzene rings is 3. The quantitative estimate of drug-likeness (QED) is 0.365. The van der Waals surface area contributed by atoms with E-state index >= 15 is 0 Å². The number of rotatable bonds is 11. The normalized spacial score (nSPS) is 22.2. The molecule has 1 aliphatic carbocycles. The summed E-state index contributed by atoms with van der Waals surface area (Å²) in [5, 5.41) is 10.4. The Bertz CT molecular complexity index is 1260. The van der Waals surface area contributed by atoms with Crippen LogP contribution < -0.4 is 9.47 Å². The van der Waals surface area contributed by atoms with Gasteiger partial charge in [-0.3, -0.25) is 4.90 Å². The molecule has 1 aliphatic heterocycles. The Morgan fingerprint density at radius 3 is 1.95 bits per heavy atom. The topological polar surface area (TPSA) is 86.7 Å². The van der Waals surface area contributed by atoms with Crippen LogP contribution in [0.4, 0.5) is 4.79 Å². The van der Waals surface area contributed by atoms with Gasteiger partial charge in [-0.15, -0.1) is 0 Å². The summed E-state index contributed by atoms with van der Waals surface area (Å²) in [6.07, 6.45) is -0.370. The zero-order valence-corrected chi connectivity index (χ0v) is 22.1. The van der Waals surface area contributed by atoms with Crippen LogP contribution in [-0.2, 0) is 34.0 Å². The molecule has 0 radical (unpaired) electrons. The van der Waals surface area contributed by atoms with Gasteiger partial charge in [0.1, 0.15) is 23.7 Å². The third-order valence-corrected chi connectivity index (χ3v) is 7.11. The summed E-state index contributed by atoms with van der Waals surface area (Å²) in [6.45, 7) is 0.716. The molecule has 5 rings (SSSR count). The number of aliphatic hydroxyl groups excluding tert-OH is 1. The van der Waals surface area contributed by atoms with Gasteiger partial charge in [-0.25, -0.2) is 4.79 Å². The molecule has 0 unspecified atom stereocenters. The zero-order chi connectivity index (χ0) is 27.2. The van der Waals surface area contributed by atoms with Crippen LogP contribution >= 0.6 is 0 Å². The third kappa shape index (κ3) is 6.09. The molecule has 1 N–H and O–H groups in total. The number of carbonyl (C=O) groups excluding carboxylic acids is 1. The molecule has 1 heterocycles. The van der Waals surface area contributed by atoms with Crippen LogP contribution in [0, 0.1) is 0 Å². The van der Waals surface area contributed by atoms with Crippen molar-refractivity contribution in [3.8, 4) is 11.5 Å². The van der Waals surface area contributed by atoms with E-state index in [1.807, 2.05) is 84.9 Å². The molecule has 8 heteroatoms. The second kappa shape index (κ2) is 12.3. The van der Waals surface area contributed by atoms with Crippen LogP contribution in [0.3, 0.4) is 0 Å². The molecule has 0 bridgehead atoms. The summed E-state index contributed by atoms with van der Waals surface area (Å²) >= 11 is 0. The Kier molecular flexibility index (Phi) is 8.46. The maximum absolute atomic E-state index is 13.1. The Balaban J connectivity index is 1.40. The van der Waals surface area contributed by atoms with Gasteiger partial charge in [0.15, 0.2) is 6.10 Å². The molecule has 8 nitrogen and oxygen atoms in total. The summed E-state index contributed by atoms with van der Waals surface area (Å²) in [4.78, 5) is 14.7. The van der Waals surface area contributed by atoms with Crippen LogP contribution in [-0.4, -0.2) is 61.3 Å². The van der Waals surface area contributed by atoms with Gasteiger partial charge in [0, 0.05) is 6.54 Å². The fourth-order valence-electron chi connectivity index (χ4n) is 5.00. The van der Waals surface area contributed by atoms with E-state index in [2.05, 4.69) is 0 Å². The first-order valence-corrected chi connectivity index (χ1v) is 12.9. The maximum Gasteiger partial charge on any atom is 0.411 e. The van der Waals surface area contributed by atoms with E-state index < -0.39 is 30.4 Å². The number of carbonyl (C=O) groups is 1. The molecule has 3 aromatic carbocycles. The second-order valence-electron chi connectivity index (χ2n) is 9.56. The monoisotopic (exact) mass is 531 g/mol. The average molecular weight is 532 g/mol. The molecule has 3 aromatic rings. The largest absolute Gasteiger partial charge is 0.497 e. The lowest BCUT2D eigenvalue weighted by molar-refractivity contribution is -0.123. The molecule has 1 amide bonds. The number of fused-ring (bicyclic) bond motifs is 1. The second-order valence-corrected chi connectivity index (χ2v) is 9.56. The smallest absolute Gasteiger partial charge is 0.411 e. The molecule has 0 saturated carbocycles. The summed E-state index contributed by atoms with van der Waals surface area (Å²) in [7, 11) is 3.24. The Labute approximate surface area is 228 Å². The van der Waals surface area contributed by atoms with Gasteiger partial charge >= 0.3 is 6.09 Å². The van der Waals surface area contributed by atoms with Gasteiger partial charge in [0.25, 0.3) is 0 Å². The highest BCUT2D eigenvalue weighted by atomic mass is 16.6. The predicted octanol–water partition coefficient (Wildman–Crippen LogP) is 4.50. The highest BCUT2D eigenvalue weighted by Gasteiger charge is 2.52. The van der Waals surface area contributed by atoms with E-state index in [1.165, 1.54) is 0 Å². The van der Waals surface area contributed by atoms with Crippen molar-refractivity contribution in [2.75, 3.05) is 20.8 Å². The van der Waals surface area contributed by atoms with Gasteiger partial charge < -0.3 is 28.8 Å². The predicted molar refractivity (Wildman–Crippen MR) is 144 cm³/mol. The van der Waals surface area contributed by atoms with Crippen LogP contribution in [0.15, 0.2) is 90.5 Å². The minimum absolute atomic E-state index is 0.230. The summed E-state index contributed by atoms with van der Waals surface area (Å²) in [5.74, 6) is 1.51. The number of hydrogen-bond acceptors (Lipinski definition) is 7. The van der Waals surface area contributed by atoms with E-state index in [0.717, 1.165) is 28.2 Å². The first kappa shape index (κ1) is 26.7. The molecule has 0 spiro atoms. The van der Waals surface area contributed by atoms with Crippen LogP contribution in [0.1, 0.15) is 16.7 Å². The van der Waals surface area contributed by atoms with E-state index in [-0.39, 0.29) is 19.8 Å². The summed E-state index contributed by atoms with van der Waals surface area (Å²) in [6, 6.07) is 24.6. The van der Waals surface area contributed by atoms with Gasteiger partial charge in [-0.1, -0.05) is 60.7 Å². The van der Waals surface area contributed by atoms with Crippen molar-refractivity contribution in [1.82, 2.24) is 4.90 Å². The molecular formula is C31H33NO7. The molecule has 1 fully saturated rings. The number of nitrogens with zero attached hydrogens (tertiary/aromatic N) is 1. The fraction of sp³-hybridized carbons (Fsp3) is 0.323. The molecule has 204 valence electrons. The highest BCUT2D eigenvalue weighted by molar-refractivity contribution is 5.72. The summed E-state index contributed by atoms with van der Waals surface area (Å²) in [5.41, 5.74) is 3.52. The van der Waals surface area contributed by atoms with Crippen molar-refractivity contribution >= 4 is 6.09 Å². The van der Waals surface area contributed by atoms with Crippen molar-refractivity contribution in [1.29, 1.82) is 0 Å². The molecule has 39 heavy (non-hydrogen) atoms. The van der Waals surface area contributed by atoms with Gasteiger partial charge in [0.2, 0.25) is 0 Å². The van der Waals surface area contributed by atoms with Gasteiger partial charge in [-0.2, -0.15) is 0 Å². The minimum atomic E-state index is -0.632. The number of amides is 1. The minimum Gasteiger partial charge on any atom is -0.497 e. The standard InChI is InChI=1S/C31H33NO7/c1-35-25-12-8-22(9-13-25)19-37-28-24(18-33)16-27-29(30(28)38-20-23-10-14-26(36-2)15-11-23)39-31(34)32(27)17-21-6-4-3-5-7-21/h3-16,27-30,33H,17-20H2,1-2H3/t27-,28+,29-,30-/m0/s1. The van der Waals surface area contributed by atoms with Gasteiger partial charge in [-0.05, 0) is 46.5 Å². The average Bonchev–Trinajstić information content (AvgIpc) is 3.29. The third-order valence-electron chi connectivity index (χ3n) is 7.11. The van der Waals surface area contributed by atoms with E-state index in [9.17, 15) is 9.90 Å². The van der Waals surface area contributed by atoms with Crippen LogP contribution in [0.2, 0.25) is 0 Å². The lowest BCUT2D eigenvalue weighted by atomic mass is 9.87. The first-order valence-electron chi connectivity index (χ1n) is 12.9. The molecule has 1 saturated heterocycles. The van der Waals surface area contributed by atoms with E-state index in [1.54, 1.807) is 19.1 Å². The van der Waals surface area contributed by atoms with Crippen LogP contribution in [0.25, 0.3) is 0 Å². The molecule has 0 aromatic heterocycles. The van der Waals surface area contributed by atoms with E-state index in [4.69, 9.17) is 23.7 Å². The molecule has 4 atom stereocenters. The Hall–Kier alpha value is -3.85. The van der Waals surface area contributed by atoms with E-state index in [0.29, 0.717) is 12.1 Å². The zero-order valence-electron chi connectivity index (χ0n) is 22.1. The number of ether oxygens (including phenoxy) is 5. The first-order chi connectivity index (χ1) is 19.1. The van der Waals surface area contributed by atoms with Crippen molar-refractivity contribution in [2.24, 2.45) is 0 Å². The Morgan fingerprint density at radius 2 is 1.38 bits per heavy atom. The van der Waals surface area contributed by atoms with Crippen molar-refractivity contribution in [2.45, 2.75) is 44.1 Å². The van der Waals surface area contributed by atoms with Crippen molar-refractivity contribution in [3.05, 3.63) is 107 Å². The molecule has 2 aliphatic rings. The summed E-state index contributed by atoms with van der Waals surface area (Å²) < 4.78 is 29.2. The number of methoxy groups -OCH3 is 2. The fourth-order valence-corrected chi connectivity index (χ4v) is 5.00. The molecular weight excluding hydrogens is 498 g/mol. The van der Waals surface area contributed by atoms with Gasteiger partial charge in [0.05, 0.1) is 40.1 Å². The lowest BCUT2D eigenvalue weighted by Crippen LogP contribution is -2.52. The lowest BCUT2D eigenvalue weighted by Gasteiger charge is -2.38.